The molecule has 0 aliphatic carbocycles. The van der Waals surface area contributed by atoms with Crippen molar-refractivity contribution in [2.45, 2.75) is 27.2 Å². The van der Waals surface area contributed by atoms with Crippen LogP contribution in [0.25, 0.3) is 0 Å². The SMILES string of the molecule is CCNc1cnc(C(=O)Nc2nc(CC)c(C)s2)cn1. The molecule has 2 rings (SSSR count). The molecule has 0 aromatic carbocycles. The number of thiazole rings is 1. The van der Waals surface area contributed by atoms with Crippen molar-refractivity contribution < 1.29 is 4.79 Å². The summed E-state index contributed by atoms with van der Waals surface area (Å²) in [6.07, 6.45) is 3.85. The largest absolute Gasteiger partial charge is 0.369 e. The Kier molecular flexibility index (Phi) is 4.62. The maximum Gasteiger partial charge on any atom is 0.277 e. The maximum absolute atomic E-state index is 12.0. The van der Waals surface area contributed by atoms with Gasteiger partial charge < -0.3 is 5.32 Å². The van der Waals surface area contributed by atoms with Crippen molar-refractivity contribution in [2.75, 3.05) is 17.2 Å². The Morgan fingerprint density at radius 3 is 2.65 bits per heavy atom. The van der Waals surface area contributed by atoms with Gasteiger partial charge in [-0.05, 0) is 20.3 Å². The first kappa shape index (κ1) is 14.4. The van der Waals surface area contributed by atoms with Crippen LogP contribution in [0.15, 0.2) is 12.4 Å². The number of hydrogen-bond acceptors (Lipinski definition) is 6. The average Bonchev–Trinajstić information content (AvgIpc) is 2.80. The van der Waals surface area contributed by atoms with E-state index in [2.05, 4.69) is 25.6 Å². The quantitative estimate of drug-likeness (QED) is 0.884. The van der Waals surface area contributed by atoms with Crippen LogP contribution in [-0.2, 0) is 6.42 Å². The first-order valence-electron chi connectivity index (χ1n) is 6.47. The minimum Gasteiger partial charge on any atom is -0.369 e. The third-order valence-electron chi connectivity index (χ3n) is 2.69. The zero-order valence-corrected chi connectivity index (χ0v) is 12.5. The van der Waals surface area contributed by atoms with Gasteiger partial charge in [0.25, 0.3) is 5.91 Å². The highest BCUT2D eigenvalue weighted by Gasteiger charge is 2.12. The van der Waals surface area contributed by atoms with E-state index in [9.17, 15) is 4.79 Å². The lowest BCUT2D eigenvalue weighted by molar-refractivity contribution is 0.102. The van der Waals surface area contributed by atoms with E-state index in [0.717, 1.165) is 23.5 Å². The first-order valence-corrected chi connectivity index (χ1v) is 7.29. The van der Waals surface area contributed by atoms with Crippen molar-refractivity contribution in [1.82, 2.24) is 15.0 Å². The van der Waals surface area contributed by atoms with Crippen molar-refractivity contribution >= 4 is 28.2 Å². The number of anilines is 2. The summed E-state index contributed by atoms with van der Waals surface area (Å²) >= 11 is 1.47. The number of carbonyl (C=O) groups excluding carboxylic acids is 1. The smallest absolute Gasteiger partial charge is 0.277 e. The molecule has 0 atom stereocenters. The summed E-state index contributed by atoms with van der Waals surface area (Å²) in [4.78, 5) is 25.7. The number of nitrogens with zero attached hydrogens (tertiary/aromatic N) is 3. The van der Waals surface area contributed by atoms with E-state index in [1.807, 2.05) is 20.8 Å². The molecule has 7 heteroatoms. The Hall–Kier alpha value is -2.02. The fourth-order valence-corrected chi connectivity index (χ4v) is 2.59. The summed E-state index contributed by atoms with van der Waals surface area (Å²) in [6, 6.07) is 0. The van der Waals surface area contributed by atoms with Crippen LogP contribution >= 0.6 is 11.3 Å². The molecular formula is C13H17N5OS. The van der Waals surface area contributed by atoms with Gasteiger partial charge in [-0.25, -0.2) is 15.0 Å². The highest BCUT2D eigenvalue weighted by Crippen LogP contribution is 2.22. The molecule has 0 aliphatic heterocycles. The molecule has 0 saturated carbocycles. The zero-order chi connectivity index (χ0) is 14.5. The van der Waals surface area contributed by atoms with Gasteiger partial charge in [-0.2, -0.15) is 0 Å². The monoisotopic (exact) mass is 291 g/mol. The molecule has 2 aromatic rings. The summed E-state index contributed by atoms with van der Waals surface area (Å²) in [5, 5.41) is 6.38. The van der Waals surface area contributed by atoms with E-state index in [4.69, 9.17) is 0 Å². The molecule has 106 valence electrons. The summed E-state index contributed by atoms with van der Waals surface area (Å²) in [5.41, 5.74) is 1.29. The molecule has 0 spiro atoms. The molecule has 6 nitrogen and oxygen atoms in total. The first-order chi connectivity index (χ1) is 9.63. The molecule has 2 heterocycles. The predicted molar refractivity (Wildman–Crippen MR) is 80.4 cm³/mol. The van der Waals surface area contributed by atoms with Crippen LogP contribution in [0.5, 0.6) is 0 Å². The van der Waals surface area contributed by atoms with Crippen LogP contribution in [0.4, 0.5) is 10.9 Å². The van der Waals surface area contributed by atoms with Crippen LogP contribution in [-0.4, -0.2) is 27.4 Å². The molecule has 0 unspecified atom stereocenters. The van der Waals surface area contributed by atoms with Gasteiger partial charge in [-0.1, -0.05) is 6.92 Å². The van der Waals surface area contributed by atoms with Crippen molar-refractivity contribution in [3.05, 3.63) is 28.7 Å². The van der Waals surface area contributed by atoms with Crippen LogP contribution in [0.3, 0.4) is 0 Å². The topological polar surface area (TPSA) is 79.8 Å². The maximum atomic E-state index is 12.0. The summed E-state index contributed by atoms with van der Waals surface area (Å²) in [6.45, 7) is 6.77. The zero-order valence-electron chi connectivity index (χ0n) is 11.7. The lowest BCUT2D eigenvalue weighted by Crippen LogP contribution is -2.14. The molecule has 0 saturated heterocycles. The highest BCUT2D eigenvalue weighted by molar-refractivity contribution is 7.15. The van der Waals surface area contributed by atoms with E-state index >= 15 is 0 Å². The number of carbonyl (C=O) groups is 1. The molecule has 0 fully saturated rings. The van der Waals surface area contributed by atoms with E-state index in [1.165, 1.54) is 17.5 Å². The van der Waals surface area contributed by atoms with Crippen molar-refractivity contribution in [1.29, 1.82) is 0 Å². The van der Waals surface area contributed by atoms with Crippen LogP contribution in [0.1, 0.15) is 34.9 Å². The van der Waals surface area contributed by atoms with Gasteiger partial charge in [-0.3, -0.25) is 10.1 Å². The Labute approximate surface area is 121 Å². The third-order valence-corrected chi connectivity index (χ3v) is 3.62. The summed E-state index contributed by atoms with van der Waals surface area (Å²) in [7, 11) is 0. The van der Waals surface area contributed by atoms with Gasteiger partial charge >= 0.3 is 0 Å². The second-order valence-electron chi connectivity index (χ2n) is 4.15. The lowest BCUT2D eigenvalue weighted by Gasteiger charge is -2.03. The van der Waals surface area contributed by atoms with Gasteiger partial charge in [0, 0.05) is 11.4 Å². The van der Waals surface area contributed by atoms with E-state index in [0.29, 0.717) is 10.9 Å². The number of amides is 1. The molecule has 0 bridgehead atoms. The number of hydrogen-bond donors (Lipinski definition) is 2. The minimum absolute atomic E-state index is 0.276. The molecule has 2 N–H and O–H groups in total. The molecule has 20 heavy (non-hydrogen) atoms. The normalized spacial score (nSPS) is 10.3. The number of nitrogens with one attached hydrogen (secondary N) is 2. The minimum atomic E-state index is -0.294. The number of aryl methyl sites for hydroxylation is 2. The van der Waals surface area contributed by atoms with E-state index < -0.39 is 0 Å². The fraction of sp³-hybridized carbons (Fsp3) is 0.385. The molecule has 0 aliphatic rings. The predicted octanol–water partition coefficient (Wildman–Crippen LogP) is 2.49. The highest BCUT2D eigenvalue weighted by atomic mass is 32.1. The molecule has 2 aromatic heterocycles. The fourth-order valence-electron chi connectivity index (χ4n) is 1.69. The van der Waals surface area contributed by atoms with Crippen LogP contribution < -0.4 is 10.6 Å². The second-order valence-corrected chi connectivity index (χ2v) is 5.35. The number of aromatic nitrogens is 3. The van der Waals surface area contributed by atoms with E-state index in [-0.39, 0.29) is 11.6 Å². The Bertz CT molecular complexity index is 593. The van der Waals surface area contributed by atoms with Gasteiger partial charge in [-0.15, -0.1) is 11.3 Å². The second kappa shape index (κ2) is 6.42. The third kappa shape index (κ3) is 3.30. The average molecular weight is 291 g/mol. The van der Waals surface area contributed by atoms with Crippen molar-refractivity contribution in [2.24, 2.45) is 0 Å². The Balaban J connectivity index is 2.07. The van der Waals surface area contributed by atoms with Gasteiger partial charge in [0.15, 0.2) is 5.13 Å². The van der Waals surface area contributed by atoms with Gasteiger partial charge in [0.2, 0.25) is 0 Å². The summed E-state index contributed by atoms with van der Waals surface area (Å²) in [5.74, 6) is 0.361. The number of rotatable bonds is 5. The van der Waals surface area contributed by atoms with Crippen molar-refractivity contribution in [3.8, 4) is 0 Å². The lowest BCUT2D eigenvalue weighted by atomic mass is 10.3. The standard InChI is InChI=1S/C13H17N5OS/c1-4-9-8(3)20-13(17-9)18-12(19)10-6-16-11(7-15-10)14-5-2/h6-7H,4-5H2,1-3H3,(H,14,16)(H,17,18,19). The molecular weight excluding hydrogens is 274 g/mol. The Morgan fingerprint density at radius 1 is 1.30 bits per heavy atom. The van der Waals surface area contributed by atoms with Crippen molar-refractivity contribution in [3.63, 3.8) is 0 Å². The van der Waals surface area contributed by atoms with E-state index in [1.54, 1.807) is 6.20 Å². The van der Waals surface area contributed by atoms with Gasteiger partial charge in [0.05, 0.1) is 18.1 Å². The molecule has 1 amide bonds. The van der Waals surface area contributed by atoms with Crippen LogP contribution in [0.2, 0.25) is 0 Å². The molecule has 0 radical (unpaired) electrons. The van der Waals surface area contributed by atoms with Crippen LogP contribution in [0, 0.1) is 6.92 Å². The summed E-state index contributed by atoms with van der Waals surface area (Å²) < 4.78 is 0. The van der Waals surface area contributed by atoms with Gasteiger partial charge in [0.1, 0.15) is 11.5 Å². The Morgan fingerprint density at radius 2 is 2.10 bits per heavy atom.